The van der Waals surface area contributed by atoms with E-state index < -0.39 is 15.8 Å². The third-order valence-electron chi connectivity index (χ3n) is 2.27. The van der Waals surface area contributed by atoms with E-state index in [4.69, 9.17) is 5.73 Å². The molecule has 2 aromatic rings. The van der Waals surface area contributed by atoms with E-state index in [9.17, 15) is 12.8 Å². The number of aryl methyl sites for hydroxylation is 1. The van der Waals surface area contributed by atoms with Gasteiger partial charge < -0.3 is 5.73 Å². The molecule has 3 N–H and O–H groups in total. The Bertz CT molecular complexity index is 661. The fraction of sp³-hybridized carbons (Fsp3) is 0.100. The second-order valence-corrected chi connectivity index (χ2v) is 5.34. The van der Waals surface area contributed by atoms with Crippen LogP contribution >= 0.6 is 0 Å². The summed E-state index contributed by atoms with van der Waals surface area (Å²) in [6.45, 7) is 0. The summed E-state index contributed by atoms with van der Waals surface area (Å²) in [6, 6.07) is 3.92. The zero-order valence-corrected chi connectivity index (χ0v) is 10.3. The first-order chi connectivity index (χ1) is 8.40. The summed E-state index contributed by atoms with van der Waals surface area (Å²) in [7, 11) is -2.31. The predicted molar refractivity (Wildman–Crippen MR) is 64.8 cm³/mol. The van der Waals surface area contributed by atoms with E-state index in [1.807, 2.05) is 0 Å². The maximum absolute atomic E-state index is 13.5. The van der Waals surface area contributed by atoms with Crippen LogP contribution in [0.2, 0.25) is 0 Å². The molecule has 0 atom stereocenters. The highest BCUT2D eigenvalue weighted by Gasteiger charge is 2.19. The standard InChI is InChI=1S/C10H11FN4O2S/c1-15-6-7(5-13-15)18(16,17)14-10-8(11)3-2-4-9(10)12/h2-6,14H,12H2,1H3. The van der Waals surface area contributed by atoms with Crippen molar-refractivity contribution >= 4 is 21.4 Å². The molecule has 0 bridgehead atoms. The summed E-state index contributed by atoms with van der Waals surface area (Å²) in [4.78, 5) is -0.0624. The van der Waals surface area contributed by atoms with Gasteiger partial charge in [0.05, 0.1) is 11.9 Å². The van der Waals surface area contributed by atoms with E-state index in [0.717, 1.165) is 6.07 Å². The lowest BCUT2D eigenvalue weighted by Crippen LogP contribution is -2.14. The molecule has 0 spiro atoms. The van der Waals surface area contributed by atoms with E-state index >= 15 is 0 Å². The Kier molecular flexibility index (Phi) is 2.95. The van der Waals surface area contributed by atoms with E-state index in [1.54, 1.807) is 7.05 Å². The molecule has 1 aromatic heterocycles. The van der Waals surface area contributed by atoms with Crippen molar-refractivity contribution in [1.29, 1.82) is 0 Å². The van der Waals surface area contributed by atoms with Crippen LogP contribution in [-0.4, -0.2) is 18.2 Å². The quantitative estimate of drug-likeness (QED) is 0.812. The Hall–Kier alpha value is -2.09. The Morgan fingerprint density at radius 2 is 2.17 bits per heavy atom. The maximum Gasteiger partial charge on any atom is 0.265 e. The number of benzene rings is 1. The fourth-order valence-corrected chi connectivity index (χ4v) is 2.46. The number of aromatic nitrogens is 2. The van der Waals surface area contributed by atoms with Crippen LogP contribution in [0.15, 0.2) is 35.5 Å². The number of nitrogens with two attached hydrogens (primary N) is 1. The van der Waals surface area contributed by atoms with Gasteiger partial charge in [-0.3, -0.25) is 9.40 Å². The van der Waals surface area contributed by atoms with Crippen molar-refractivity contribution in [1.82, 2.24) is 9.78 Å². The summed E-state index contributed by atoms with van der Waals surface area (Å²) in [5.41, 5.74) is 5.28. The second-order valence-electron chi connectivity index (χ2n) is 3.66. The van der Waals surface area contributed by atoms with Gasteiger partial charge in [0, 0.05) is 13.2 Å². The number of anilines is 2. The SMILES string of the molecule is Cn1cc(S(=O)(=O)Nc2c(N)cccc2F)cn1. The molecule has 1 heterocycles. The molecule has 0 amide bonds. The van der Waals surface area contributed by atoms with E-state index in [1.165, 1.54) is 29.2 Å². The maximum atomic E-state index is 13.5. The first-order valence-corrected chi connectivity index (χ1v) is 6.44. The number of hydrogen-bond donors (Lipinski definition) is 2. The zero-order valence-electron chi connectivity index (χ0n) is 9.46. The van der Waals surface area contributed by atoms with E-state index in [2.05, 4.69) is 9.82 Å². The van der Waals surface area contributed by atoms with Gasteiger partial charge in [-0.25, -0.2) is 12.8 Å². The van der Waals surface area contributed by atoms with Crippen LogP contribution in [0.4, 0.5) is 15.8 Å². The number of nitrogen functional groups attached to an aromatic ring is 1. The van der Waals surface area contributed by atoms with Crippen molar-refractivity contribution in [2.75, 3.05) is 10.5 Å². The minimum atomic E-state index is -3.89. The van der Waals surface area contributed by atoms with Gasteiger partial charge in [0.25, 0.3) is 10.0 Å². The van der Waals surface area contributed by atoms with Crippen LogP contribution in [0.25, 0.3) is 0 Å². The number of rotatable bonds is 3. The minimum absolute atomic E-state index is 0.0162. The molecule has 0 aliphatic carbocycles. The summed E-state index contributed by atoms with van der Waals surface area (Å²) in [5, 5.41) is 3.74. The first kappa shape index (κ1) is 12.4. The molecule has 0 radical (unpaired) electrons. The number of nitrogens with one attached hydrogen (secondary N) is 1. The predicted octanol–water partition coefficient (Wildman–Crippen LogP) is 0.942. The number of hydrogen-bond acceptors (Lipinski definition) is 4. The van der Waals surface area contributed by atoms with Gasteiger partial charge >= 0.3 is 0 Å². The third-order valence-corrected chi connectivity index (χ3v) is 3.58. The average molecular weight is 270 g/mol. The number of sulfonamides is 1. The summed E-state index contributed by atoms with van der Waals surface area (Å²) in [6.07, 6.45) is 2.47. The van der Waals surface area contributed by atoms with Crippen molar-refractivity contribution in [3.8, 4) is 0 Å². The molecule has 8 heteroatoms. The molecule has 1 aromatic carbocycles. The van der Waals surface area contributed by atoms with Gasteiger partial charge in [0.15, 0.2) is 0 Å². The molecular weight excluding hydrogens is 259 g/mol. The average Bonchev–Trinajstić information content (AvgIpc) is 2.71. The van der Waals surface area contributed by atoms with Crippen LogP contribution in [-0.2, 0) is 17.1 Å². The van der Waals surface area contributed by atoms with Gasteiger partial charge in [-0.05, 0) is 12.1 Å². The Morgan fingerprint density at radius 3 is 2.72 bits per heavy atom. The Morgan fingerprint density at radius 1 is 1.44 bits per heavy atom. The van der Waals surface area contributed by atoms with Crippen molar-refractivity contribution in [2.45, 2.75) is 4.90 Å². The van der Waals surface area contributed by atoms with Crippen LogP contribution in [0, 0.1) is 5.82 Å². The molecule has 0 aliphatic rings. The lowest BCUT2D eigenvalue weighted by Gasteiger charge is -2.09. The van der Waals surface area contributed by atoms with E-state index in [-0.39, 0.29) is 16.3 Å². The fourth-order valence-electron chi connectivity index (χ4n) is 1.38. The molecule has 2 rings (SSSR count). The van der Waals surface area contributed by atoms with Gasteiger partial charge in [0.1, 0.15) is 16.4 Å². The Balaban J connectivity index is 2.40. The summed E-state index contributed by atoms with van der Waals surface area (Å²) < 4.78 is 40.8. The van der Waals surface area contributed by atoms with Gasteiger partial charge in [-0.15, -0.1) is 0 Å². The Labute approximate surface area is 103 Å². The molecular formula is C10H11FN4O2S. The van der Waals surface area contributed by atoms with Crippen LogP contribution < -0.4 is 10.5 Å². The first-order valence-electron chi connectivity index (χ1n) is 4.95. The van der Waals surface area contributed by atoms with E-state index in [0.29, 0.717) is 0 Å². The molecule has 0 saturated carbocycles. The molecule has 96 valence electrons. The lowest BCUT2D eigenvalue weighted by molar-refractivity contribution is 0.598. The van der Waals surface area contributed by atoms with Gasteiger partial charge in [0.2, 0.25) is 0 Å². The third kappa shape index (κ3) is 2.28. The largest absolute Gasteiger partial charge is 0.397 e. The van der Waals surface area contributed by atoms with Crippen molar-refractivity contribution < 1.29 is 12.8 Å². The van der Waals surface area contributed by atoms with Crippen LogP contribution in [0.1, 0.15) is 0 Å². The number of para-hydroxylation sites is 1. The van der Waals surface area contributed by atoms with Gasteiger partial charge in [-0.2, -0.15) is 5.10 Å². The van der Waals surface area contributed by atoms with Crippen molar-refractivity contribution in [3.63, 3.8) is 0 Å². The van der Waals surface area contributed by atoms with Gasteiger partial charge in [-0.1, -0.05) is 6.07 Å². The summed E-state index contributed by atoms with van der Waals surface area (Å²) in [5.74, 6) is -0.734. The normalized spacial score (nSPS) is 11.4. The highest BCUT2D eigenvalue weighted by molar-refractivity contribution is 7.92. The zero-order chi connectivity index (χ0) is 13.3. The topological polar surface area (TPSA) is 90.0 Å². The molecule has 0 aliphatic heterocycles. The molecule has 0 fully saturated rings. The monoisotopic (exact) mass is 270 g/mol. The van der Waals surface area contributed by atoms with Crippen molar-refractivity contribution in [3.05, 3.63) is 36.4 Å². The van der Waals surface area contributed by atoms with Crippen LogP contribution in [0.5, 0.6) is 0 Å². The highest BCUT2D eigenvalue weighted by atomic mass is 32.2. The van der Waals surface area contributed by atoms with Crippen molar-refractivity contribution in [2.24, 2.45) is 7.05 Å². The van der Waals surface area contributed by atoms with Crippen LogP contribution in [0.3, 0.4) is 0 Å². The number of nitrogens with zero attached hydrogens (tertiary/aromatic N) is 2. The lowest BCUT2D eigenvalue weighted by atomic mass is 10.3. The second kappa shape index (κ2) is 4.30. The highest BCUT2D eigenvalue weighted by Crippen LogP contribution is 2.24. The molecule has 18 heavy (non-hydrogen) atoms. The minimum Gasteiger partial charge on any atom is -0.397 e. The molecule has 0 saturated heterocycles. The molecule has 6 nitrogen and oxygen atoms in total. The smallest absolute Gasteiger partial charge is 0.265 e. The number of halogens is 1. The summed E-state index contributed by atoms with van der Waals surface area (Å²) >= 11 is 0. The molecule has 0 unspecified atom stereocenters.